The van der Waals surface area contributed by atoms with Crippen LogP contribution in [0.5, 0.6) is 5.75 Å². The predicted octanol–water partition coefficient (Wildman–Crippen LogP) is 2.95. The molecule has 2 aromatic carbocycles. The van der Waals surface area contributed by atoms with Crippen LogP contribution in [0.15, 0.2) is 48.5 Å². The number of rotatable bonds is 6. The maximum atomic E-state index is 10.3. The predicted molar refractivity (Wildman–Crippen MR) is 85.5 cm³/mol. The number of aliphatic hydroxyl groups is 1. The molecule has 2 N–H and O–H groups in total. The van der Waals surface area contributed by atoms with Crippen LogP contribution in [-0.2, 0) is 0 Å². The molecular formula is C18H20N2O2. The van der Waals surface area contributed by atoms with E-state index in [1.54, 1.807) is 19.2 Å². The summed E-state index contributed by atoms with van der Waals surface area (Å²) in [4.78, 5) is 0. The Morgan fingerprint density at radius 1 is 1.18 bits per heavy atom. The Morgan fingerprint density at radius 3 is 2.55 bits per heavy atom. The summed E-state index contributed by atoms with van der Waals surface area (Å²) in [7, 11) is 1.61. The van der Waals surface area contributed by atoms with Crippen molar-refractivity contribution in [2.75, 3.05) is 13.7 Å². The van der Waals surface area contributed by atoms with Crippen molar-refractivity contribution in [2.24, 2.45) is 0 Å². The Bertz CT molecular complexity index is 647. The molecule has 0 saturated heterocycles. The van der Waals surface area contributed by atoms with Crippen molar-refractivity contribution in [2.45, 2.75) is 19.1 Å². The summed E-state index contributed by atoms with van der Waals surface area (Å²) in [5.41, 5.74) is 2.54. The number of hydrogen-bond donors (Lipinski definition) is 2. The van der Waals surface area contributed by atoms with Crippen molar-refractivity contribution < 1.29 is 9.84 Å². The van der Waals surface area contributed by atoms with E-state index < -0.39 is 6.10 Å². The molecule has 0 amide bonds. The quantitative estimate of drug-likeness (QED) is 0.860. The maximum absolute atomic E-state index is 10.3. The largest absolute Gasteiger partial charge is 0.497 e. The Labute approximate surface area is 131 Å². The van der Waals surface area contributed by atoms with Crippen molar-refractivity contribution in [3.8, 4) is 11.8 Å². The first-order valence-electron chi connectivity index (χ1n) is 7.19. The van der Waals surface area contributed by atoms with Gasteiger partial charge in [-0.1, -0.05) is 24.3 Å². The van der Waals surface area contributed by atoms with E-state index in [9.17, 15) is 5.11 Å². The molecule has 0 aliphatic heterocycles. The molecular weight excluding hydrogens is 276 g/mol. The molecule has 2 atom stereocenters. The van der Waals surface area contributed by atoms with Crippen molar-refractivity contribution in [1.82, 2.24) is 5.32 Å². The summed E-state index contributed by atoms with van der Waals surface area (Å²) >= 11 is 0. The van der Waals surface area contributed by atoms with Gasteiger partial charge in [-0.05, 0) is 42.3 Å². The lowest BCUT2D eigenvalue weighted by molar-refractivity contribution is 0.170. The molecule has 0 aliphatic carbocycles. The highest BCUT2D eigenvalue weighted by Gasteiger charge is 2.11. The topological polar surface area (TPSA) is 65.3 Å². The maximum Gasteiger partial charge on any atom is 0.119 e. The van der Waals surface area contributed by atoms with E-state index in [0.717, 1.165) is 16.9 Å². The Balaban J connectivity index is 1.94. The van der Waals surface area contributed by atoms with Crippen LogP contribution < -0.4 is 10.1 Å². The number of benzene rings is 2. The highest BCUT2D eigenvalue weighted by molar-refractivity contribution is 5.33. The number of hydrogen-bond acceptors (Lipinski definition) is 4. The van der Waals surface area contributed by atoms with E-state index in [0.29, 0.717) is 12.1 Å². The summed E-state index contributed by atoms with van der Waals surface area (Å²) < 4.78 is 5.16. The van der Waals surface area contributed by atoms with Gasteiger partial charge in [-0.25, -0.2) is 0 Å². The van der Waals surface area contributed by atoms with Crippen LogP contribution in [0.2, 0.25) is 0 Å². The lowest BCUT2D eigenvalue weighted by Crippen LogP contribution is -2.24. The summed E-state index contributed by atoms with van der Waals surface area (Å²) in [5.74, 6) is 0.733. The molecule has 0 radical (unpaired) electrons. The second-order valence-corrected chi connectivity index (χ2v) is 5.16. The minimum Gasteiger partial charge on any atom is -0.497 e. The third-order valence-electron chi connectivity index (χ3n) is 3.64. The Morgan fingerprint density at radius 2 is 1.91 bits per heavy atom. The first kappa shape index (κ1) is 16.0. The highest BCUT2D eigenvalue weighted by Crippen LogP contribution is 2.20. The number of methoxy groups -OCH3 is 1. The number of nitrogens with one attached hydrogen (secondary N) is 1. The molecule has 2 rings (SSSR count). The molecule has 0 heterocycles. The zero-order valence-electron chi connectivity index (χ0n) is 12.8. The SMILES string of the molecule is COc1cccc(C(O)CNC(C)c2ccc(C#N)cc2)c1. The summed E-state index contributed by atoms with van der Waals surface area (Å²) in [6.07, 6.45) is -0.601. The van der Waals surface area contributed by atoms with Gasteiger partial charge < -0.3 is 15.2 Å². The number of aliphatic hydroxyl groups excluding tert-OH is 1. The van der Waals surface area contributed by atoms with Gasteiger partial charge in [0, 0.05) is 12.6 Å². The third-order valence-corrected chi connectivity index (χ3v) is 3.64. The van der Waals surface area contributed by atoms with Gasteiger partial charge >= 0.3 is 0 Å². The van der Waals surface area contributed by atoms with Crippen LogP contribution in [-0.4, -0.2) is 18.8 Å². The minimum atomic E-state index is -0.601. The van der Waals surface area contributed by atoms with Gasteiger partial charge in [-0.2, -0.15) is 5.26 Å². The first-order chi connectivity index (χ1) is 10.6. The van der Waals surface area contributed by atoms with Crippen LogP contribution in [0, 0.1) is 11.3 Å². The van der Waals surface area contributed by atoms with E-state index >= 15 is 0 Å². The van der Waals surface area contributed by atoms with E-state index in [1.165, 1.54) is 0 Å². The van der Waals surface area contributed by atoms with Gasteiger partial charge in [-0.15, -0.1) is 0 Å². The zero-order chi connectivity index (χ0) is 15.9. The first-order valence-corrected chi connectivity index (χ1v) is 7.19. The molecule has 4 nitrogen and oxygen atoms in total. The van der Waals surface area contributed by atoms with Crippen LogP contribution in [0.1, 0.15) is 35.8 Å². The van der Waals surface area contributed by atoms with Crippen LogP contribution in [0.25, 0.3) is 0 Å². The number of ether oxygens (including phenoxy) is 1. The molecule has 2 aromatic rings. The highest BCUT2D eigenvalue weighted by atomic mass is 16.5. The fourth-order valence-electron chi connectivity index (χ4n) is 2.22. The molecule has 2 unspecified atom stereocenters. The Hall–Kier alpha value is -2.35. The van der Waals surface area contributed by atoms with Gasteiger partial charge in [0.05, 0.1) is 24.8 Å². The van der Waals surface area contributed by atoms with Crippen molar-refractivity contribution in [3.63, 3.8) is 0 Å². The molecule has 22 heavy (non-hydrogen) atoms. The number of nitriles is 1. The number of nitrogens with zero attached hydrogens (tertiary/aromatic N) is 1. The van der Waals surface area contributed by atoms with Crippen molar-refractivity contribution in [1.29, 1.82) is 5.26 Å². The fraction of sp³-hybridized carbons (Fsp3) is 0.278. The van der Waals surface area contributed by atoms with Crippen LogP contribution in [0.4, 0.5) is 0 Å². The van der Waals surface area contributed by atoms with Gasteiger partial charge in [0.1, 0.15) is 5.75 Å². The monoisotopic (exact) mass is 296 g/mol. The third kappa shape index (κ3) is 4.08. The van der Waals surface area contributed by atoms with E-state index in [2.05, 4.69) is 11.4 Å². The van der Waals surface area contributed by atoms with Crippen molar-refractivity contribution >= 4 is 0 Å². The molecule has 0 aromatic heterocycles. The fourth-order valence-corrected chi connectivity index (χ4v) is 2.22. The molecule has 0 saturated carbocycles. The molecule has 4 heteroatoms. The zero-order valence-corrected chi connectivity index (χ0v) is 12.8. The van der Waals surface area contributed by atoms with Gasteiger partial charge in [0.15, 0.2) is 0 Å². The van der Waals surface area contributed by atoms with Crippen LogP contribution in [0.3, 0.4) is 0 Å². The van der Waals surface area contributed by atoms with Gasteiger partial charge in [0.25, 0.3) is 0 Å². The van der Waals surface area contributed by atoms with Crippen LogP contribution >= 0.6 is 0 Å². The molecule has 0 fully saturated rings. The normalized spacial score (nSPS) is 13.2. The van der Waals surface area contributed by atoms with Crippen molar-refractivity contribution in [3.05, 3.63) is 65.2 Å². The summed E-state index contributed by atoms with van der Waals surface area (Å²) in [5, 5.41) is 22.4. The lowest BCUT2D eigenvalue weighted by atomic mass is 10.1. The Kier molecular flexibility index (Phi) is 5.54. The molecule has 0 bridgehead atoms. The summed E-state index contributed by atoms with van der Waals surface area (Å²) in [6.45, 7) is 2.47. The lowest BCUT2D eigenvalue weighted by Gasteiger charge is -2.18. The standard InChI is InChI=1S/C18H20N2O2/c1-13(15-8-6-14(11-19)7-9-15)20-12-18(21)16-4-3-5-17(10-16)22-2/h3-10,13,18,20-21H,12H2,1-2H3. The average Bonchev–Trinajstić information content (AvgIpc) is 2.59. The second kappa shape index (κ2) is 7.60. The van der Waals surface area contributed by atoms with E-state index in [4.69, 9.17) is 10.00 Å². The van der Waals surface area contributed by atoms with Gasteiger partial charge in [-0.3, -0.25) is 0 Å². The smallest absolute Gasteiger partial charge is 0.119 e. The van der Waals surface area contributed by atoms with E-state index in [-0.39, 0.29) is 6.04 Å². The van der Waals surface area contributed by atoms with E-state index in [1.807, 2.05) is 43.3 Å². The summed E-state index contributed by atoms with van der Waals surface area (Å²) in [6, 6.07) is 17.1. The molecule has 114 valence electrons. The molecule has 0 aliphatic rings. The second-order valence-electron chi connectivity index (χ2n) is 5.16. The minimum absolute atomic E-state index is 0.0907. The average molecular weight is 296 g/mol. The molecule has 0 spiro atoms. The van der Waals surface area contributed by atoms with Gasteiger partial charge in [0.2, 0.25) is 0 Å².